The van der Waals surface area contributed by atoms with Crippen LogP contribution < -0.4 is 5.32 Å². The highest BCUT2D eigenvalue weighted by Crippen LogP contribution is 2.28. The quantitative estimate of drug-likeness (QED) is 0.903. The van der Waals surface area contributed by atoms with Crippen LogP contribution in [0.3, 0.4) is 0 Å². The molecule has 1 heterocycles. The van der Waals surface area contributed by atoms with Gasteiger partial charge in [-0.2, -0.15) is 0 Å². The fourth-order valence-electron chi connectivity index (χ4n) is 3.11. The lowest BCUT2D eigenvalue weighted by molar-refractivity contribution is -0.00783. The molecule has 1 saturated heterocycles. The van der Waals surface area contributed by atoms with Gasteiger partial charge in [-0.05, 0) is 48.2 Å². The Morgan fingerprint density at radius 1 is 1.15 bits per heavy atom. The largest absolute Gasteiger partial charge is 0.376 e. The van der Waals surface area contributed by atoms with Crippen molar-refractivity contribution in [1.82, 2.24) is 5.32 Å². The predicted octanol–water partition coefficient (Wildman–Crippen LogP) is 4.06. The molecule has 1 aliphatic heterocycles. The Hall–Kier alpha value is -1.38. The van der Waals surface area contributed by atoms with Crippen molar-refractivity contribution < 1.29 is 4.74 Å². The molecule has 1 N–H and O–H groups in total. The van der Waals surface area contributed by atoms with E-state index in [4.69, 9.17) is 4.74 Å². The first-order chi connectivity index (χ1) is 9.88. The van der Waals surface area contributed by atoms with Crippen molar-refractivity contribution in [3.63, 3.8) is 0 Å². The van der Waals surface area contributed by atoms with Crippen molar-refractivity contribution in [2.24, 2.45) is 0 Å². The Labute approximate surface area is 121 Å². The molecule has 106 valence electrons. The van der Waals surface area contributed by atoms with Crippen LogP contribution in [0.2, 0.25) is 0 Å². The van der Waals surface area contributed by atoms with Gasteiger partial charge in [0.25, 0.3) is 0 Å². The summed E-state index contributed by atoms with van der Waals surface area (Å²) in [6, 6.07) is 15.6. The summed E-state index contributed by atoms with van der Waals surface area (Å²) in [6.45, 7) is 4.04. The lowest BCUT2D eigenvalue weighted by Gasteiger charge is -2.31. The van der Waals surface area contributed by atoms with Crippen LogP contribution in [0.4, 0.5) is 0 Å². The molecule has 1 aliphatic rings. The number of ether oxygens (including phenoxy) is 1. The topological polar surface area (TPSA) is 21.3 Å². The van der Waals surface area contributed by atoms with E-state index in [1.54, 1.807) is 0 Å². The summed E-state index contributed by atoms with van der Waals surface area (Å²) in [6.07, 6.45) is 3.95. The lowest BCUT2D eigenvalue weighted by Crippen LogP contribution is -2.35. The molecule has 0 radical (unpaired) electrons. The second kappa shape index (κ2) is 6.38. The molecule has 0 bridgehead atoms. The van der Waals surface area contributed by atoms with Crippen LogP contribution in [0.5, 0.6) is 0 Å². The Morgan fingerprint density at radius 3 is 2.75 bits per heavy atom. The van der Waals surface area contributed by atoms with Gasteiger partial charge in [0.2, 0.25) is 0 Å². The molecule has 0 spiro atoms. The van der Waals surface area contributed by atoms with Gasteiger partial charge in [-0.15, -0.1) is 0 Å². The molecular formula is C18H23NO. The van der Waals surface area contributed by atoms with Gasteiger partial charge in [0.05, 0.1) is 12.1 Å². The van der Waals surface area contributed by atoms with Gasteiger partial charge in [0, 0.05) is 6.61 Å². The van der Waals surface area contributed by atoms with Crippen LogP contribution >= 0.6 is 0 Å². The molecule has 2 heteroatoms. The fraction of sp³-hybridized carbons (Fsp3) is 0.444. The maximum absolute atomic E-state index is 6.00. The van der Waals surface area contributed by atoms with Gasteiger partial charge in [-0.25, -0.2) is 0 Å². The Balaban J connectivity index is 1.91. The average molecular weight is 269 g/mol. The summed E-state index contributed by atoms with van der Waals surface area (Å²) >= 11 is 0. The van der Waals surface area contributed by atoms with E-state index in [0.717, 1.165) is 19.6 Å². The van der Waals surface area contributed by atoms with E-state index in [-0.39, 0.29) is 0 Å². The fourth-order valence-corrected chi connectivity index (χ4v) is 3.11. The monoisotopic (exact) mass is 269 g/mol. The summed E-state index contributed by atoms with van der Waals surface area (Å²) < 4.78 is 6.00. The van der Waals surface area contributed by atoms with Crippen molar-refractivity contribution in [2.45, 2.75) is 38.3 Å². The Morgan fingerprint density at radius 2 is 2.00 bits per heavy atom. The molecule has 2 unspecified atom stereocenters. The average Bonchev–Trinajstić information content (AvgIpc) is 2.53. The van der Waals surface area contributed by atoms with Crippen LogP contribution in [0.1, 0.15) is 37.8 Å². The molecule has 2 aromatic rings. The first-order valence-corrected chi connectivity index (χ1v) is 7.72. The molecule has 0 saturated carbocycles. The first kappa shape index (κ1) is 13.6. The second-order valence-corrected chi connectivity index (χ2v) is 5.55. The Bertz CT molecular complexity index is 560. The molecule has 0 aromatic heterocycles. The zero-order chi connectivity index (χ0) is 13.8. The predicted molar refractivity (Wildman–Crippen MR) is 84.0 cm³/mol. The van der Waals surface area contributed by atoms with E-state index in [1.165, 1.54) is 29.2 Å². The number of rotatable bonds is 4. The number of fused-ring (bicyclic) bond motifs is 1. The minimum absolute atomic E-state index is 0.310. The molecule has 20 heavy (non-hydrogen) atoms. The van der Waals surface area contributed by atoms with Gasteiger partial charge >= 0.3 is 0 Å². The van der Waals surface area contributed by atoms with Gasteiger partial charge in [0.15, 0.2) is 0 Å². The summed E-state index contributed by atoms with van der Waals surface area (Å²) in [5.74, 6) is 0. The maximum Gasteiger partial charge on any atom is 0.0769 e. The van der Waals surface area contributed by atoms with Crippen LogP contribution in [0.25, 0.3) is 10.8 Å². The molecular weight excluding hydrogens is 246 g/mol. The summed E-state index contributed by atoms with van der Waals surface area (Å²) in [4.78, 5) is 0. The van der Waals surface area contributed by atoms with E-state index in [2.05, 4.69) is 54.7 Å². The van der Waals surface area contributed by atoms with E-state index in [1.807, 2.05) is 0 Å². The smallest absolute Gasteiger partial charge is 0.0769 e. The number of hydrogen-bond acceptors (Lipinski definition) is 2. The number of nitrogens with one attached hydrogen (secondary N) is 1. The minimum atomic E-state index is 0.310. The standard InChI is InChI=1S/C18H23NO/c1-2-19-18(17-9-5-6-12-20-17)16-11-10-14-7-3-4-8-15(14)13-16/h3-4,7-8,10-11,13,17-19H,2,5-6,9,12H2,1H3. The molecule has 0 amide bonds. The minimum Gasteiger partial charge on any atom is -0.376 e. The summed E-state index contributed by atoms with van der Waals surface area (Å²) in [7, 11) is 0. The third kappa shape index (κ3) is 2.87. The summed E-state index contributed by atoms with van der Waals surface area (Å²) in [5, 5.41) is 6.22. The molecule has 2 nitrogen and oxygen atoms in total. The van der Waals surface area contributed by atoms with Gasteiger partial charge in [-0.1, -0.05) is 43.3 Å². The Kier molecular flexibility index (Phi) is 4.34. The van der Waals surface area contributed by atoms with Crippen LogP contribution in [-0.4, -0.2) is 19.3 Å². The van der Waals surface area contributed by atoms with E-state index in [9.17, 15) is 0 Å². The highest BCUT2D eigenvalue weighted by molar-refractivity contribution is 5.83. The van der Waals surface area contributed by atoms with Gasteiger partial charge in [0.1, 0.15) is 0 Å². The molecule has 0 aliphatic carbocycles. The van der Waals surface area contributed by atoms with Crippen LogP contribution in [-0.2, 0) is 4.74 Å². The van der Waals surface area contributed by atoms with Crippen LogP contribution in [0.15, 0.2) is 42.5 Å². The van der Waals surface area contributed by atoms with E-state index < -0.39 is 0 Å². The number of likely N-dealkylation sites (N-methyl/N-ethyl adjacent to an activating group) is 1. The van der Waals surface area contributed by atoms with Gasteiger partial charge in [-0.3, -0.25) is 0 Å². The molecule has 1 fully saturated rings. The van der Waals surface area contributed by atoms with Crippen molar-refractivity contribution >= 4 is 10.8 Å². The lowest BCUT2D eigenvalue weighted by atomic mass is 9.94. The molecule has 2 atom stereocenters. The normalized spacial score (nSPS) is 20.9. The highest BCUT2D eigenvalue weighted by atomic mass is 16.5. The zero-order valence-corrected chi connectivity index (χ0v) is 12.1. The van der Waals surface area contributed by atoms with Crippen molar-refractivity contribution in [2.75, 3.05) is 13.2 Å². The van der Waals surface area contributed by atoms with Crippen molar-refractivity contribution in [1.29, 1.82) is 0 Å². The third-order valence-corrected chi connectivity index (χ3v) is 4.14. The van der Waals surface area contributed by atoms with Crippen LogP contribution in [0, 0.1) is 0 Å². The van der Waals surface area contributed by atoms with Crippen molar-refractivity contribution in [3.05, 3.63) is 48.0 Å². The van der Waals surface area contributed by atoms with Gasteiger partial charge < -0.3 is 10.1 Å². The summed E-state index contributed by atoms with van der Waals surface area (Å²) in [5.41, 5.74) is 1.34. The van der Waals surface area contributed by atoms with E-state index in [0.29, 0.717) is 12.1 Å². The zero-order valence-electron chi connectivity index (χ0n) is 12.1. The first-order valence-electron chi connectivity index (χ1n) is 7.72. The van der Waals surface area contributed by atoms with E-state index >= 15 is 0 Å². The number of hydrogen-bond donors (Lipinski definition) is 1. The molecule has 3 rings (SSSR count). The maximum atomic E-state index is 6.00. The third-order valence-electron chi connectivity index (χ3n) is 4.14. The SMILES string of the molecule is CCNC(c1ccc2ccccc2c1)C1CCCCO1. The highest BCUT2D eigenvalue weighted by Gasteiger charge is 2.25. The second-order valence-electron chi connectivity index (χ2n) is 5.55. The van der Waals surface area contributed by atoms with Crippen molar-refractivity contribution in [3.8, 4) is 0 Å². The molecule has 2 aromatic carbocycles. The number of benzene rings is 2.